The minimum absolute atomic E-state index is 0.0817. The number of sulfone groups is 1. The lowest BCUT2D eigenvalue weighted by molar-refractivity contribution is 0.458. The van der Waals surface area contributed by atoms with E-state index >= 15 is 0 Å². The van der Waals surface area contributed by atoms with Gasteiger partial charge in [-0.1, -0.05) is 23.4 Å². The van der Waals surface area contributed by atoms with Crippen LogP contribution in [0.1, 0.15) is 18.0 Å². The molecule has 0 amide bonds. The molecule has 0 fully saturated rings. The van der Waals surface area contributed by atoms with Gasteiger partial charge in [-0.3, -0.25) is 4.68 Å². The van der Waals surface area contributed by atoms with Gasteiger partial charge in [0.05, 0.1) is 23.4 Å². The van der Waals surface area contributed by atoms with Crippen LogP contribution < -0.4 is 5.32 Å². The van der Waals surface area contributed by atoms with Crippen molar-refractivity contribution >= 4 is 9.84 Å². The number of hydrogen-bond donors (Lipinski definition) is 1. The molecule has 3 rings (SSSR count). The average molecular weight is 292 g/mol. The molecule has 7 heteroatoms. The van der Waals surface area contributed by atoms with Crippen molar-refractivity contribution in [3.05, 3.63) is 42.2 Å². The largest absolute Gasteiger partial charge is 0.308 e. The van der Waals surface area contributed by atoms with Gasteiger partial charge in [-0.15, -0.1) is 5.10 Å². The topological polar surface area (TPSA) is 76.9 Å². The van der Waals surface area contributed by atoms with Gasteiger partial charge in [0.15, 0.2) is 9.84 Å². The Morgan fingerprint density at radius 1 is 1.35 bits per heavy atom. The van der Waals surface area contributed by atoms with Crippen LogP contribution in [0.5, 0.6) is 0 Å². The third-order valence-electron chi connectivity index (χ3n) is 3.51. The number of fused-ring (bicyclic) bond motifs is 1. The molecule has 1 aromatic carbocycles. The van der Waals surface area contributed by atoms with E-state index in [1.165, 1.54) is 0 Å². The maximum atomic E-state index is 12.0. The second-order valence-corrected chi connectivity index (χ2v) is 6.90. The van der Waals surface area contributed by atoms with Crippen LogP contribution in [0.3, 0.4) is 0 Å². The second-order valence-electron chi connectivity index (χ2n) is 4.82. The van der Waals surface area contributed by atoms with E-state index in [9.17, 15) is 8.42 Å². The summed E-state index contributed by atoms with van der Waals surface area (Å²) in [6, 6.07) is 7.31. The van der Waals surface area contributed by atoms with Gasteiger partial charge in [0.2, 0.25) is 0 Å². The van der Waals surface area contributed by atoms with Crippen LogP contribution in [0.4, 0.5) is 0 Å². The van der Waals surface area contributed by atoms with Crippen LogP contribution in [0.15, 0.2) is 41.6 Å². The Kier molecular flexibility index (Phi) is 3.54. The predicted octanol–water partition coefficient (Wildman–Crippen LogP) is 0.786. The highest BCUT2D eigenvalue weighted by molar-refractivity contribution is 7.91. The maximum Gasteiger partial charge on any atom is 0.178 e. The fraction of sp³-hybridized carbons (Fsp3) is 0.385. The zero-order chi connectivity index (χ0) is 14.0. The number of nitrogens with one attached hydrogen (secondary N) is 1. The Morgan fingerprint density at radius 3 is 3.00 bits per heavy atom. The number of benzene rings is 1. The zero-order valence-corrected chi connectivity index (χ0v) is 11.8. The van der Waals surface area contributed by atoms with Crippen molar-refractivity contribution in [3.63, 3.8) is 0 Å². The highest BCUT2D eigenvalue weighted by Gasteiger charge is 2.29. The van der Waals surface area contributed by atoms with E-state index in [1.807, 2.05) is 12.1 Å². The van der Waals surface area contributed by atoms with Gasteiger partial charge in [0, 0.05) is 18.8 Å². The van der Waals surface area contributed by atoms with Crippen LogP contribution in [0.25, 0.3) is 0 Å². The molecule has 0 saturated carbocycles. The maximum absolute atomic E-state index is 12.0. The van der Waals surface area contributed by atoms with Crippen molar-refractivity contribution in [3.8, 4) is 0 Å². The lowest BCUT2D eigenvalue weighted by Crippen LogP contribution is -2.31. The first kappa shape index (κ1) is 13.3. The fourth-order valence-corrected chi connectivity index (χ4v) is 4.13. The Hall–Kier alpha value is -1.73. The van der Waals surface area contributed by atoms with Gasteiger partial charge < -0.3 is 5.32 Å². The quantitative estimate of drug-likeness (QED) is 0.901. The minimum Gasteiger partial charge on any atom is -0.308 e. The molecule has 2 aromatic rings. The van der Waals surface area contributed by atoms with Crippen LogP contribution in [0.2, 0.25) is 0 Å². The molecule has 1 aliphatic heterocycles. The van der Waals surface area contributed by atoms with E-state index in [2.05, 4.69) is 15.6 Å². The van der Waals surface area contributed by atoms with Crippen LogP contribution in [-0.2, 0) is 16.4 Å². The van der Waals surface area contributed by atoms with Gasteiger partial charge in [-0.2, -0.15) is 0 Å². The lowest BCUT2D eigenvalue weighted by atomic mass is 10.0. The highest BCUT2D eigenvalue weighted by Crippen LogP contribution is 2.31. The van der Waals surface area contributed by atoms with Crippen molar-refractivity contribution in [1.82, 2.24) is 20.3 Å². The summed E-state index contributed by atoms with van der Waals surface area (Å²) in [6.07, 6.45) is 4.06. The monoisotopic (exact) mass is 292 g/mol. The molecular formula is C13H16N4O2S. The first-order chi connectivity index (χ1) is 9.67. The smallest absolute Gasteiger partial charge is 0.178 e. The lowest BCUT2D eigenvalue weighted by Gasteiger charge is -2.26. The molecule has 1 aliphatic rings. The number of aromatic nitrogens is 3. The molecule has 0 aliphatic carbocycles. The molecule has 0 saturated heterocycles. The highest BCUT2D eigenvalue weighted by atomic mass is 32.2. The summed E-state index contributed by atoms with van der Waals surface area (Å²) in [5.41, 5.74) is 0.873. The molecule has 0 bridgehead atoms. The summed E-state index contributed by atoms with van der Waals surface area (Å²) in [5, 5.41) is 11.0. The van der Waals surface area contributed by atoms with Gasteiger partial charge >= 0.3 is 0 Å². The molecule has 1 N–H and O–H groups in total. The van der Waals surface area contributed by atoms with Crippen molar-refractivity contribution in [1.29, 1.82) is 0 Å². The van der Waals surface area contributed by atoms with Crippen LogP contribution in [-0.4, -0.2) is 35.7 Å². The van der Waals surface area contributed by atoms with E-state index in [1.54, 1.807) is 29.2 Å². The van der Waals surface area contributed by atoms with E-state index < -0.39 is 9.84 Å². The molecular weight excluding hydrogens is 276 g/mol. The Morgan fingerprint density at radius 2 is 2.20 bits per heavy atom. The summed E-state index contributed by atoms with van der Waals surface area (Å²) in [7, 11) is -3.11. The summed E-state index contributed by atoms with van der Waals surface area (Å²) in [4.78, 5) is 0.463. The molecule has 0 radical (unpaired) electrons. The Bertz CT molecular complexity index is 682. The summed E-state index contributed by atoms with van der Waals surface area (Å²) >= 11 is 0. The SMILES string of the molecule is O=S1(=O)CCC(NCCn2ccnn2)c2ccccc21. The molecule has 2 heterocycles. The van der Waals surface area contributed by atoms with Crippen molar-refractivity contribution in [2.45, 2.75) is 23.9 Å². The summed E-state index contributed by atoms with van der Waals surface area (Å²) in [6.45, 7) is 1.44. The number of hydrogen-bond acceptors (Lipinski definition) is 5. The summed E-state index contributed by atoms with van der Waals surface area (Å²) in [5.74, 6) is 0.199. The molecule has 20 heavy (non-hydrogen) atoms. The van der Waals surface area contributed by atoms with Gasteiger partial charge in [0.25, 0.3) is 0 Å². The normalized spacial score (nSPS) is 20.5. The molecule has 6 nitrogen and oxygen atoms in total. The van der Waals surface area contributed by atoms with Gasteiger partial charge in [-0.05, 0) is 18.1 Å². The molecule has 1 atom stereocenters. The fourth-order valence-electron chi connectivity index (χ4n) is 2.51. The number of rotatable bonds is 4. The van der Waals surface area contributed by atoms with E-state index in [0.29, 0.717) is 17.9 Å². The molecule has 106 valence electrons. The third-order valence-corrected chi connectivity index (χ3v) is 5.32. The third kappa shape index (κ3) is 2.59. The Balaban J connectivity index is 1.72. The van der Waals surface area contributed by atoms with E-state index in [4.69, 9.17) is 0 Å². The predicted molar refractivity (Wildman–Crippen MR) is 73.9 cm³/mol. The molecule has 0 spiro atoms. The van der Waals surface area contributed by atoms with Crippen molar-refractivity contribution in [2.75, 3.05) is 12.3 Å². The molecule has 1 unspecified atom stereocenters. The standard InChI is InChI=1S/C13H16N4O2S/c18-20(19)10-5-12(11-3-1-2-4-13(11)20)14-6-8-17-9-7-15-16-17/h1-4,7,9,12,14H,5-6,8,10H2. The Labute approximate surface area is 117 Å². The molecule has 1 aromatic heterocycles. The van der Waals surface area contributed by atoms with Gasteiger partial charge in [-0.25, -0.2) is 8.42 Å². The first-order valence-electron chi connectivity index (χ1n) is 6.56. The first-order valence-corrected chi connectivity index (χ1v) is 8.21. The number of nitrogens with zero attached hydrogens (tertiary/aromatic N) is 3. The van der Waals surface area contributed by atoms with Crippen LogP contribution >= 0.6 is 0 Å². The van der Waals surface area contributed by atoms with Crippen LogP contribution in [0, 0.1) is 0 Å². The second kappa shape index (κ2) is 5.34. The van der Waals surface area contributed by atoms with Gasteiger partial charge in [0.1, 0.15) is 0 Å². The van der Waals surface area contributed by atoms with Crippen molar-refractivity contribution in [2.24, 2.45) is 0 Å². The van der Waals surface area contributed by atoms with Crippen molar-refractivity contribution < 1.29 is 8.42 Å². The van der Waals surface area contributed by atoms with E-state index in [-0.39, 0.29) is 11.8 Å². The zero-order valence-electron chi connectivity index (χ0n) is 10.9. The minimum atomic E-state index is -3.11. The summed E-state index contributed by atoms with van der Waals surface area (Å²) < 4.78 is 25.8. The van der Waals surface area contributed by atoms with E-state index in [0.717, 1.165) is 12.1 Å². The average Bonchev–Trinajstić information content (AvgIpc) is 2.95.